The second-order valence-corrected chi connectivity index (χ2v) is 9.68. The number of fused-ring (bicyclic) bond motifs is 1. The Kier molecular flexibility index (Phi) is 7.96. The van der Waals surface area contributed by atoms with Crippen LogP contribution in [0.4, 0.5) is 0 Å². The summed E-state index contributed by atoms with van der Waals surface area (Å²) in [4.78, 5) is 0. The fourth-order valence-electron chi connectivity index (χ4n) is 5.51. The maximum Gasteiger partial charge on any atom is 0.229 e. The molecule has 0 bridgehead atoms. The minimum absolute atomic E-state index is 0.120. The minimum atomic E-state index is -1.54. The summed E-state index contributed by atoms with van der Waals surface area (Å²) in [5.74, 6) is 2.21. The number of methoxy groups -OCH3 is 3. The first-order valence-electron chi connectivity index (χ1n) is 12.5. The van der Waals surface area contributed by atoms with E-state index < -0.39 is 37.3 Å². The summed E-state index contributed by atoms with van der Waals surface area (Å²) in [6.07, 6.45) is -7.29. The zero-order valence-electron chi connectivity index (χ0n) is 21.4. The standard InChI is InChI=1S/C27H34O11/c1-32-17-6-4-13(8-19(17)33-2)25-15-11-36-26(16(15)12-35-25)14-5-7-18(20(9-14)34-3)37-27-24(31)23(30)22(29)21(10-28)38-27/h4-9,15-16,21-31H,10-12H2,1-3H3/t15-,16+,21-,22-,23+,24-,25-,26-,27+/m1/s1. The summed E-state index contributed by atoms with van der Waals surface area (Å²) in [6, 6.07) is 11.1. The molecular weight excluding hydrogens is 500 g/mol. The van der Waals surface area contributed by atoms with Gasteiger partial charge in [-0.1, -0.05) is 12.1 Å². The number of hydrogen-bond acceptors (Lipinski definition) is 11. The van der Waals surface area contributed by atoms with E-state index in [2.05, 4.69) is 0 Å². The molecule has 2 aromatic carbocycles. The first kappa shape index (κ1) is 26.9. The van der Waals surface area contributed by atoms with E-state index in [1.54, 1.807) is 26.4 Å². The molecule has 3 saturated heterocycles. The SMILES string of the molecule is COc1ccc([C@H]2OC[C@H]3[C@H]2CO[C@@H]3c2ccc(O[C@H]3O[C@H](CO)[C@@H](O)[C@H](O)[C@H]3O)c(OC)c2)cc1OC. The highest BCUT2D eigenvalue weighted by atomic mass is 16.7. The van der Waals surface area contributed by atoms with Gasteiger partial charge in [0.1, 0.15) is 24.4 Å². The van der Waals surface area contributed by atoms with Gasteiger partial charge in [0.2, 0.25) is 6.29 Å². The highest BCUT2D eigenvalue weighted by Crippen LogP contribution is 2.51. The van der Waals surface area contributed by atoms with Crippen molar-refractivity contribution in [3.8, 4) is 23.0 Å². The Hall–Kier alpha value is -2.64. The predicted octanol–water partition coefficient (Wildman–Crippen LogP) is 0.966. The van der Waals surface area contributed by atoms with Crippen molar-refractivity contribution >= 4 is 0 Å². The molecule has 0 spiro atoms. The number of ether oxygens (including phenoxy) is 7. The highest BCUT2D eigenvalue weighted by Gasteiger charge is 2.49. The molecule has 0 unspecified atom stereocenters. The molecule has 0 saturated carbocycles. The molecule has 11 heteroatoms. The molecule has 0 amide bonds. The van der Waals surface area contributed by atoms with Crippen molar-refractivity contribution in [2.75, 3.05) is 41.2 Å². The average Bonchev–Trinajstić information content (AvgIpc) is 3.55. The van der Waals surface area contributed by atoms with Crippen LogP contribution in [0.3, 0.4) is 0 Å². The summed E-state index contributed by atoms with van der Waals surface area (Å²) in [6.45, 7) is 0.508. The maximum absolute atomic E-state index is 10.3. The van der Waals surface area contributed by atoms with Gasteiger partial charge in [-0.25, -0.2) is 0 Å². The Morgan fingerprint density at radius 2 is 1.24 bits per heavy atom. The van der Waals surface area contributed by atoms with Crippen LogP contribution in [-0.4, -0.2) is 92.3 Å². The number of aliphatic hydroxyl groups is 4. The van der Waals surface area contributed by atoms with Gasteiger partial charge >= 0.3 is 0 Å². The molecule has 3 fully saturated rings. The third kappa shape index (κ3) is 4.79. The highest BCUT2D eigenvalue weighted by molar-refractivity contribution is 5.45. The lowest BCUT2D eigenvalue weighted by Gasteiger charge is -2.39. The minimum Gasteiger partial charge on any atom is -0.493 e. The van der Waals surface area contributed by atoms with Crippen molar-refractivity contribution in [2.24, 2.45) is 11.8 Å². The molecule has 0 aromatic heterocycles. The summed E-state index contributed by atoms with van der Waals surface area (Å²) >= 11 is 0. The largest absolute Gasteiger partial charge is 0.493 e. The third-order valence-corrected chi connectivity index (χ3v) is 7.61. The van der Waals surface area contributed by atoms with Crippen molar-refractivity contribution in [1.29, 1.82) is 0 Å². The fraction of sp³-hybridized carbons (Fsp3) is 0.556. The van der Waals surface area contributed by atoms with Gasteiger partial charge < -0.3 is 53.6 Å². The van der Waals surface area contributed by atoms with Crippen LogP contribution in [0, 0.1) is 11.8 Å². The second kappa shape index (κ2) is 11.2. The summed E-state index contributed by atoms with van der Waals surface area (Å²) in [5, 5.41) is 39.8. The molecule has 3 aliphatic heterocycles. The lowest BCUT2D eigenvalue weighted by atomic mass is 9.85. The lowest BCUT2D eigenvalue weighted by Crippen LogP contribution is -2.60. The molecular formula is C27H34O11. The van der Waals surface area contributed by atoms with Crippen molar-refractivity contribution in [1.82, 2.24) is 0 Å². The summed E-state index contributed by atoms with van der Waals surface area (Å²) in [5.41, 5.74) is 1.88. The van der Waals surface area contributed by atoms with Gasteiger partial charge in [0.15, 0.2) is 23.0 Å². The quantitative estimate of drug-likeness (QED) is 0.384. The second-order valence-electron chi connectivity index (χ2n) is 9.68. The Labute approximate surface area is 220 Å². The molecule has 4 N–H and O–H groups in total. The molecule has 3 heterocycles. The fourth-order valence-corrected chi connectivity index (χ4v) is 5.51. The van der Waals surface area contributed by atoms with Crippen LogP contribution in [0.5, 0.6) is 23.0 Å². The van der Waals surface area contributed by atoms with Crippen LogP contribution in [0.25, 0.3) is 0 Å². The van der Waals surface area contributed by atoms with Crippen LogP contribution < -0.4 is 18.9 Å². The van der Waals surface area contributed by atoms with E-state index in [9.17, 15) is 20.4 Å². The van der Waals surface area contributed by atoms with Crippen LogP contribution in [0.1, 0.15) is 23.3 Å². The van der Waals surface area contributed by atoms with Gasteiger partial charge in [0, 0.05) is 11.8 Å². The van der Waals surface area contributed by atoms with E-state index in [0.717, 1.165) is 11.1 Å². The van der Waals surface area contributed by atoms with Gasteiger partial charge in [-0.05, 0) is 35.4 Å². The van der Waals surface area contributed by atoms with Crippen LogP contribution in [-0.2, 0) is 14.2 Å². The van der Waals surface area contributed by atoms with Gasteiger partial charge in [0.05, 0.1) is 53.4 Å². The zero-order chi connectivity index (χ0) is 27.0. The van der Waals surface area contributed by atoms with Crippen molar-refractivity contribution in [2.45, 2.75) is 42.9 Å². The van der Waals surface area contributed by atoms with E-state index in [-0.39, 0.29) is 29.8 Å². The first-order valence-corrected chi connectivity index (χ1v) is 12.5. The van der Waals surface area contributed by atoms with Gasteiger partial charge in [-0.15, -0.1) is 0 Å². The Morgan fingerprint density at radius 1 is 0.711 bits per heavy atom. The maximum atomic E-state index is 10.3. The number of hydrogen-bond donors (Lipinski definition) is 4. The molecule has 208 valence electrons. The molecule has 5 rings (SSSR count). The molecule has 2 aromatic rings. The van der Waals surface area contributed by atoms with Crippen molar-refractivity contribution in [3.05, 3.63) is 47.5 Å². The Bertz CT molecular complexity index is 1110. The number of aliphatic hydroxyl groups excluding tert-OH is 4. The van der Waals surface area contributed by atoms with E-state index in [4.69, 9.17) is 33.2 Å². The van der Waals surface area contributed by atoms with Crippen molar-refractivity contribution in [3.63, 3.8) is 0 Å². The van der Waals surface area contributed by atoms with Crippen LogP contribution in [0.15, 0.2) is 36.4 Å². The van der Waals surface area contributed by atoms with E-state index in [0.29, 0.717) is 30.5 Å². The Balaban J connectivity index is 1.31. The number of rotatable bonds is 8. The van der Waals surface area contributed by atoms with E-state index >= 15 is 0 Å². The van der Waals surface area contributed by atoms with Gasteiger partial charge in [0.25, 0.3) is 0 Å². The molecule has 9 atom stereocenters. The average molecular weight is 535 g/mol. The zero-order valence-corrected chi connectivity index (χ0v) is 21.4. The van der Waals surface area contributed by atoms with E-state index in [1.807, 2.05) is 24.3 Å². The lowest BCUT2D eigenvalue weighted by molar-refractivity contribution is -0.277. The summed E-state index contributed by atoms with van der Waals surface area (Å²) < 4.78 is 40.1. The predicted molar refractivity (Wildman–Crippen MR) is 131 cm³/mol. The molecule has 3 aliphatic rings. The monoisotopic (exact) mass is 534 g/mol. The van der Waals surface area contributed by atoms with E-state index in [1.165, 1.54) is 7.11 Å². The Morgan fingerprint density at radius 3 is 1.76 bits per heavy atom. The third-order valence-electron chi connectivity index (χ3n) is 7.61. The molecule has 0 radical (unpaired) electrons. The normalized spacial score (nSPS) is 34.6. The first-order chi connectivity index (χ1) is 18.4. The van der Waals surface area contributed by atoms with Gasteiger partial charge in [-0.2, -0.15) is 0 Å². The molecule has 11 nitrogen and oxygen atoms in total. The van der Waals surface area contributed by atoms with Crippen molar-refractivity contribution < 1.29 is 53.6 Å². The topological polar surface area (TPSA) is 146 Å². The summed E-state index contributed by atoms with van der Waals surface area (Å²) in [7, 11) is 4.69. The molecule has 0 aliphatic carbocycles. The van der Waals surface area contributed by atoms with Crippen LogP contribution in [0.2, 0.25) is 0 Å². The number of benzene rings is 2. The van der Waals surface area contributed by atoms with Crippen LogP contribution >= 0.6 is 0 Å². The molecule has 38 heavy (non-hydrogen) atoms. The van der Waals surface area contributed by atoms with Gasteiger partial charge in [-0.3, -0.25) is 0 Å². The smallest absolute Gasteiger partial charge is 0.229 e.